The normalized spacial score (nSPS) is 18.0. The van der Waals surface area contributed by atoms with Crippen molar-refractivity contribution in [2.24, 2.45) is 5.92 Å². The lowest BCUT2D eigenvalue weighted by molar-refractivity contribution is -0.162. The monoisotopic (exact) mass is 411 g/mol. The third-order valence-corrected chi connectivity index (χ3v) is 4.13. The molecule has 0 aliphatic carbocycles. The molecule has 3 amide bonds. The zero-order chi connectivity index (χ0) is 21.2. The van der Waals surface area contributed by atoms with Gasteiger partial charge in [0.2, 0.25) is 5.91 Å². The number of halogens is 6. The van der Waals surface area contributed by atoms with Gasteiger partial charge in [-0.2, -0.15) is 13.2 Å². The van der Waals surface area contributed by atoms with Crippen LogP contribution in [0.2, 0.25) is 0 Å². The number of likely N-dealkylation sites (tertiary alicyclic amines) is 1. The molecule has 0 bridgehead atoms. The molecule has 0 unspecified atom stereocenters. The molecule has 1 heterocycles. The number of nitrogens with zero attached hydrogens (tertiary/aromatic N) is 1. The molecule has 1 aliphatic rings. The van der Waals surface area contributed by atoms with Crippen molar-refractivity contribution in [2.75, 3.05) is 18.4 Å². The van der Waals surface area contributed by atoms with Crippen molar-refractivity contribution in [3.8, 4) is 0 Å². The van der Waals surface area contributed by atoms with Crippen LogP contribution in [-0.2, 0) is 14.4 Å². The van der Waals surface area contributed by atoms with E-state index in [9.17, 15) is 40.7 Å². The van der Waals surface area contributed by atoms with Gasteiger partial charge in [0.25, 0.3) is 0 Å². The molecule has 1 aliphatic heterocycles. The lowest BCUT2D eigenvalue weighted by atomic mass is 10.1. The van der Waals surface area contributed by atoms with Gasteiger partial charge in [-0.25, -0.2) is 13.2 Å². The van der Waals surface area contributed by atoms with Gasteiger partial charge < -0.3 is 15.5 Å². The van der Waals surface area contributed by atoms with E-state index < -0.39 is 53.3 Å². The smallest absolute Gasteiger partial charge is 0.336 e. The van der Waals surface area contributed by atoms with E-state index in [2.05, 4.69) is 5.32 Å². The Balaban J connectivity index is 1.94. The summed E-state index contributed by atoms with van der Waals surface area (Å²) in [7, 11) is 0. The van der Waals surface area contributed by atoms with E-state index in [1.54, 1.807) is 0 Å². The molecule has 0 saturated carbocycles. The number of alkyl halides is 3. The Morgan fingerprint density at radius 3 is 2.25 bits per heavy atom. The third-order valence-electron chi connectivity index (χ3n) is 4.13. The number of anilines is 1. The number of carbonyl (C=O) groups is 3. The molecule has 2 N–H and O–H groups in total. The summed E-state index contributed by atoms with van der Waals surface area (Å²) < 4.78 is 76.6. The summed E-state index contributed by atoms with van der Waals surface area (Å²) in [5, 5.41) is 3.68. The molecule has 28 heavy (non-hydrogen) atoms. The van der Waals surface area contributed by atoms with Crippen molar-refractivity contribution in [1.82, 2.24) is 10.2 Å². The van der Waals surface area contributed by atoms with Crippen LogP contribution in [0.25, 0.3) is 0 Å². The summed E-state index contributed by atoms with van der Waals surface area (Å²) in [4.78, 5) is 36.6. The van der Waals surface area contributed by atoms with Crippen LogP contribution in [0, 0.1) is 23.4 Å². The molecular formula is C16H15F6N3O3. The SMILES string of the molecule is C[C@@H](NC(=O)C(=O)N1CC[C@H](C(=O)Nc2cc(F)c(F)c(F)c2)C1)C(F)(F)F. The first-order chi connectivity index (χ1) is 12.9. The van der Waals surface area contributed by atoms with E-state index in [-0.39, 0.29) is 25.2 Å². The van der Waals surface area contributed by atoms with E-state index in [4.69, 9.17) is 0 Å². The minimum atomic E-state index is -4.72. The van der Waals surface area contributed by atoms with Gasteiger partial charge in [-0.05, 0) is 13.3 Å². The lowest BCUT2D eigenvalue weighted by Gasteiger charge is -2.20. The first-order valence-corrected chi connectivity index (χ1v) is 8.02. The summed E-state index contributed by atoms with van der Waals surface area (Å²) in [5.41, 5.74) is -0.345. The highest BCUT2D eigenvalue weighted by Crippen LogP contribution is 2.22. The Kier molecular flexibility index (Phi) is 6.20. The predicted molar refractivity (Wildman–Crippen MR) is 83.3 cm³/mol. The number of hydrogen-bond donors (Lipinski definition) is 2. The molecule has 1 aromatic carbocycles. The largest absolute Gasteiger partial charge is 0.408 e. The molecular weight excluding hydrogens is 396 g/mol. The molecule has 1 saturated heterocycles. The summed E-state index contributed by atoms with van der Waals surface area (Å²) in [6.07, 6.45) is -4.64. The second kappa shape index (κ2) is 8.07. The van der Waals surface area contributed by atoms with Crippen LogP contribution in [-0.4, -0.2) is 47.9 Å². The van der Waals surface area contributed by atoms with E-state index in [1.165, 1.54) is 5.32 Å². The first kappa shape index (κ1) is 21.5. The lowest BCUT2D eigenvalue weighted by Crippen LogP contribution is -2.49. The van der Waals surface area contributed by atoms with Gasteiger partial charge in [-0.1, -0.05) is 0 Å². The predicted octanol–water partition coefficient (Wildman–Crippen LogP) is 1.96. The second-order valence-electron chi connectivity index (χ2n) is 6.22. The Labute approximate surface area is 154 Å². The molecule has 2 rings (SSSR count). The highest BCUT2D eigenvalue weighted by Gasteiger charge is 2.40. The number of benzene rings is 1. The average molecular weight is 411 g/mol. The molecule has 12 heteroatoms. The second-order valence-corrected chi connectivity index (χ2v) is 6.22. The summed E-state index contributed by atoms with van der Waals surface area (Å²) in [6, 6.07) is -1.09. The minimum absolute atomic E-state index is 0.0725. The fraction of sp³-hybridized carbons (Fsp3) is 0.438. The fourth-order valence-corrected chi connectivity index (χ4v) is 2.51. The van der Waals surface area contributed by atoms with Crippen LogP contribution in [0.1, 0.15) is 13.3 Å². The van der Waals surface area contributed by atoms with Crippen molar-refractivity contribution < 1.29 is 40.7 Å². The molecule has 2 atom stereocenters. The van der Waals surface area contributed by atoms with Gasteiger partial charge in [-0.15, -0.1) is 0 Å². The van der Waals surface area contributed by atoms with E-state index in [0.717, 1.165) is 4.90 Å². The maximum atomic E-state index is 13.2. The molecule has 0 aromatic heterocycles. The van der Waals surface area contributed by atoms with Gasteiger partial charge in [0, 0.05) is 30.9 Å². The summed E-state index contributed by atoms with van der Waals surface area (Å²) in [5.74, 6) is -9.02. The quantitative estimate of drug-likeness (QED) is 0.454. The van der Waals surface area contributed by atoms with Crippen LogP contribution in [0.15, 0.2) is 12.1 Å². The number of carbonyl (C=O) groups excluding carboxylic acids is 3. The molecule has 1 aromatic rings. The average Bonchev–Trinajstić information content (AvgIpc) is 3.08. The zero-order valence-corrected chi connectivity index (χ0v) is 14.4. The Bertz CT molecular complexity index is 775. The van der Waals surface area contributed by atoms with E-state index in [1.807, 2.05) is 0 Å². The van der Waals surface area contributed by atoms with Gasteiger partial charge in [0.05, 0.1) is 5.92 Å². The van der Waals surface area contributed by atoms with Crippen molar-refractivity contribution in [2.45, 2.75) is 25.6 Å². The number of rotatable bonds is 3. The van der Waals surface area contributed by atoms with Gasteiger partial charge in [-0.3, -0.25) is 14.4 Å². The van der Waals surface area contributed by atoms with Crippen LogP contribution < -0.4 is 10.6 Å². The standard InChI is InChI=1S/C16H15F6N3O3/c1-7(16(20,21)22)23-14(27)15(28)25-3-2-8(6-25)13(26)24-9-4-10(17)12(19)11(18)5-9/h4-5,7-8H,2-3,6H2,1H3,(H,23,27)(H,24,26)/t7-,8+/m1/s1. The van der Waals surface area contributed by atoms with Crippen LogP contribution in [0.5, 0.6) is 0 Å². The molecule has 0 radical (unpaired) electrons. The maximum Gasteiger partial charge on any atom is 0.408 e. The van der Waals surface area contributed by atoms with Gasteiger partial charge in [0.1, 0.15) is 6.04 Å². The number of amides is 3. The van der Waals surface area contributed by atoms with Gasteiger partial charge in [0.15, 0.2) is 17.5 Å². The Morgan fingerprint density at radius 1 is 1.14 bits per heavy atom. The van der Waals surface area contributed by atoms with Crippen molar-refractivity contribution >= 4 is 23.4 Å². The van der Waals surface area contributed by atoms with E-state index >= 15 is 0 Å². The van der Waals surface area contributed by atoms with Crippen LogP contribution >= 0.6 is 0 Å². The van der Waals surface area contributed by atoms with Crippen LogP contribution in [0.4, 0.5) is 32.0 Å². The zero-order valence-electron chi connectivity index (χ0n) is 14.4. The molecule has 1 fully saturated rings. The first-order valence-electron chi connectivity index (χ1n) is 8.02. The van der Waals surface area contributed by atoms with E-state index in [0.29, 0.717) is 19.1 Å². The third kappa shape index (κ3) is 4.93. The summed E-state index contributed by atoms with van der Waals surface area (Å²) in [6.45, 7) is 0.327. The molecule has 6 nitrogen and oxygen atoms in total. The highest BCUT2D eigenvalue weighted by atomic mass is 19.4. The van der Waals surface area contributed by atoms with Crippen molar-refractivity contribution in [3.63, 3.8) is 0 Å². The highest BCUT2D eigenvalue weighted by molar-refractivity contribution is 6.35. The molecule has 0 spiro atoms. The Morgan fingerprint density at radius 2 is 1.71 bits per heavy atom. The minimum Gasteiger partial charge on any atom is -0.336 e. The topological polar surface area (TPSA) is 78.5 Å². The number of hydrogen-bond acceptors (Lipinski definition) is 3. The molecule has 154 valence electrons. The van der Waals surface area contributed by atoms with Crippen molar-refractivity contribution in [3.05, 3.63) is 29.6 Å². The number of nitrogens with one attached hydrogen (secondary N) is 2. The van der Waals surface area contributed by atoms with Gasteiger partial charge >= 0.3 is 18.0 Å². The fourth-order valence-electron chi connectivity index (χ4n) is 2.51. The Hall–Kier alpha value is -2.79. The maximum absolute atomic E-state index is 13.2. The van der Waals surface area contributed by atoms with Crippen molar-refractivity contribution in [1.29, 1.82) is 0 Å². The van der Waals surface area contributed by atoms with Crippen LogP contribution in [0.3, 0.4) is 0 Å². The summed E-state index contributed by atoms with van der Waals surface area (Å²) >= 11 is 0.